The summed E-state index contributed by atoms with van der Waals surface area (Å²) >= 11 is 5.63. The molecule has 0 saturated heterocycles. The highest BCUT2D eigenvalue weighted by Gasteiger charge is 2.07. The minimum Gasteiger partial charge on any atom is -0.491 e. The molecule has 84 valence electrons. The summed E-state index contributed by atoms with van der Waals surface area (Å²) in [6.45, 7) is -0.128. The molecule has 3 nitrogen and oxygen atoms in total. The third kappa shape index (κ3) is 4.68. The summed E-state index contributed by atoms with van der Waals surface area (Å²) in [7, 11) is 1.38. The Bertz CT molecular complexity index is 447. The van der Waals surface area contributed by atoms with Crippen LogP contribution in [0.15, 0.2) is 18.2 Å². The molecule has 0 atom stereocenters. The zero-order valence-electron chi connectivity index (χ0n) is 7.41. The maximum Gasteiger partial charge on any atom is 0.235 e. The van der Waals surface area contributed by atoms with Gasteiger partial charge in [0.05, 0.1) is 10.8 Å². The van der Waals surface area contributed by atoms with Crippen LogP contribution in [0.2, 0.25) is 5.02 Å². The molecule has 0 fully saturated rings. The van der Waals surface area contributed by atoms with E-state index < -0.39 is 14.9 Å². The highest BCUT2D eigenvalue weighted by molar-refractivity contribution is 8.13. The van der Waals surface area contributed by atoms with Gasteiger partial charge < -0.3 is 4.74 Å². The number of hydrogen-bond donors (Lipinski definition) is 0. The minimum atomic E-state index is -3.59. The Labute approximate surface area is 96.2 Å². The molecule has 0 N–H and O–H groups in total. The van der Waals surface area contributed by atoms with Gasteiger partial charge in [0, 0.05) is 10.7 Å². The first-order chi connectivity index (χ1) is 6.88. The number of halogens is 3. The van der Waals surface area contributed by atoms with Gasteiger partial charge in [0.15, 0.2) is 0 Å². The first-order valence-corrected chi connectivity index (χ1v) is 6.74. The molecule has 0 unspecified atom stereocenters. The summed E-state index contributed by atoms with van der Waals surface area (Å²) in [4.78, 5) is 0. The molecule has 7 heteroatoms. The Morgan fingerprint density at radius 3 is 2.60 bits per heavy atom. The van der Waals surface area contributed by atoms with E-state index in [4.69, 9.17) is 27.0 Å². The van der Waals surface area contributed by atoms with Gasteiger partial charge in [-0.2, -0.15) is 0 Å². The van der Waals surface area contributed by atoms with Gasteiger partial charge in [0.2, 0.25) is 9.05 Å². The third-order valence-electron chi connectivity index (χ3n) is 1.48. The quantitative estimate of drug-likeness (QED) is 0.791. The predicted molar refractivity (Wildman–Crippen MR) is 56.5 cm³/mol. The molecular weight excluding hydrogens is 266 g/mol. The molecule has 0 aliphatic rings. The maximum atomic E-state index is 12.6. The zero-order valence-corrected chi connectivity index (χ0v) is 9.74. The van der Waals surface area contributed by atoms with Crippen molar-refractivity contribution in [1.82, 2.24) is 0 Å². The predicted octanol–water partition coefficient (Wildman–Crippen LogP) is 2.43. The second-order valence-electron chi connectivity index (χ2n) is 2.67. The summed E-state index contributed by atoms with van der Waals surface area (Å²) in [5.41, 5.74) is 0. The van der Waals surface area contributed by atoms with Crippen LogP contribution in [-0.4, -0.2) is 20.8 Å². The topological polar surface area (TPSA) is 43.4 Å². The van der Waals surface area contributed by atoms with Crippen molar-refractivity contribution >= 4 is 31.3 Å². The largest absolute Gasteiger partial charge is 0.491 e. The van der Waals surface area contributed by atoms with Crippen LogP contribution in [0.4, 0.5) is 4.39 Å². The van der Waals surface area contributed by atoms with Gasteiger partial charge in [-0.3, -0.25) is 0 Å². The SMILES string of the molecule is O=S(=O)(Cl)CCOc1ccc(F)cc1Cl. The fraction of sp³-hybridized carbons (Fsp3) is 0.250. The van der Waals surface area contributed by atoms with E-state index in [-0.39, 0.29) is 23.1 Å². The van der Waals surface area contributed by atoms with Crippen molar-refractivity contribution in [2.45, 2.75) is 0 Å². The lowest BCUT2D eigenvalue weighted by molar-refractivity contribution is 0.341. The molecule has 1 rings (SSSR count). The Balaban J connectivity index is 2.59. The summed E-state index contributed by atoms with van der Waals surface area (Å²) < 4.78 is 38.7. The highest BCUT2D eigenvalue weighted by atomic mass is 35.7. The van der Waals surface area contributed by atoms with Crippen molar-refractivity contribution in [2.75, 3.05) is 12.4 Å². The van der Waals surface area contributed by atoms with Crippen molar-refractivity contribution < 1.29 is 17.5 Å². The number of hydrogen-bond acceptors (Lipinski definition) is 3. The molecule has 15 heavy (non-hydrogen) atoms. The van der Waals surface area contributed by atoms with E-state index in [2.05, 4.69) is 0 Å². The molecule has 1 aromatic carbocycles. The fourth-order valence-electron chi connectivity index (χ4n) is 0.843. The average molecular weight is 273 g/mol. The molecular formula is C8H7Cl2FO3S. The lowest BCUT2D eigenvalue weighted by atomic mass is 10.3. The molecule has 1 aromatic rings. The standard InChI is InChI=1S/C8H7Cl2FO3S/c9-7-5-6(11)1-2-8(7)14-3-4-15(10,12)13/h1-2,5H,3-4H2. The van der Waals surface area contributed by atoms with E-state index in [1.54, 1.807) is 0 Å². The van der Waals surface area contributed by atoms with Gasteiger partial charge in [-0.25, -0.2) is 12.8 Å². The van der Waals surface area contributed by atoms with Crippen LogP contribution in [0, 0.1) is 5.82 Å². The lowest BCUT2D eigenvalue weighted by Gasteiger charge is -2.06. The Kier molecular flexibility index (Phi) is 4.19. The second kappa shape index (κ2) is 5.01. The normalized spacial score (nSPS) is 11.4. The van der Waals surface area contributed by atoms with Gasteiger partial charge >= 0.3 is 0 Å². The smallest absolute Gasteiger partial charge is 0.235 e. The maximum absolute atomic E-state index is 12.6. The molecule has 0 bridgehead atoms. The third-order valence-corrected chi connectivity index (χ3v) is 2.89. The van der Waals surface area contributed by atoms with Crippen molar-refractivity contribution in [2.24, 2.45) is 0 Å². The molecule has 0 heterocycles. The average Bonchev–Trinajstić information content (AvgIpc) is 2.07. The molecule has 0 aliphatic heterocycles. The monoisotopic (exact) mass is 272 g/mol. The first-order valence-electron chi connectivity index (χ1n) is 3.89. The van der Waals surface area contributed by atoms with E-state index >= 15 is 0 Å². The van der Waals surface area contributed by atoms with Crippen LogP contribution in [0.25, 0.3) is 0 Å². The van der Waals surface area contributed by atoms with Gasteiger partial charge in [0.25, 0.3) is 0 Å². The van der Waals surface area contributed by atoms with Crippen LogP contribution in [0.5, 0.6) is 5.75 Å². The molecule has 0 saturated carbocycles. The summed E-state index contributed by atoms with van der Waals surface area (Å²) in [6.07, 6.45) is 0. The van der Waals surface area contributed by atoms with Crippen molar-refractivity contribution in [3.05, 3.63) is 29.0 Å². The molecule has 0 aliphatic carbocycles. The second-order valence-corrected chi connectivity index (χ2v) is 5.97. The van der Waals surface area contributed by atoms with Gasteiger partial charge in [0.1, 0.15) is 18.2 Å². The van der Waals surface area contributed by atoms with Crippen molar-refractivity contribution in [3.8, 4) is 5.75 Å². The highest BCUT2D eigenvalue weighted by Crippen LogP contribution is 2.24. The Morgan fingerprint density at radius 2 is 2.07 bits per heavy atom. The van der Waals surface area contributed by atoms with Crippen LogP contribution < -0.4 is 4.74 Å². The summed E-state index contributed by atoms with van der Waals surface area (Å²) in [6, 6.07) is 3.56. The number of benzene rings is 1. The minimum absolute atomic E-state index is 0.0852. The lowest BCUT2D eigenvalue weighted by Crippen LogP contribution is -2.08. The van der Waals surface area contributed by atoms with Crippen LogP contribution >= 0.6 is 22.3 Å². The Hall–Kier alpha value is -0.520. The molecule has 0 amide bonds. The number of ether oxygens (including phenoxy) is 1. The van der Waals surface area contributed by atoms with Crippen molar-refractivity contribution in [3.63, 3.8) is 0 Å². The van der Waals surface area contributed by atoms with Gasteiger partial charge in [-0.15, -0.1) is 0 Å². The van der Waals surface area contributed by atoms with Crippen LogP contribution in [-0.2, 0) is 9.05 Å². The van der Waals surface area contributed by atoms with Crippen LogP contribution in [0.1, 0.15) is 0 Å². The summed E-state index contributed by atoms with van der Waals surface area (Å²) in [5.74, 6) is -0.599. The van der Waals surface area contributed by atoms with Gasteiger partial charge in [-0.05, 0) is 18.2 Å². The van der Waals surface area contributed by atoms with E-state index in [1.807, 2.05) is 0 Å². The van der Waals surface area contributed by atoms with Crippen LogP contribution in [0.3, 0.4) is 0 Å². The molecule has 0 radical (unpaired) electrons. The van der Waals surface area contributed by atoms with E-state index in [0.29, 0.717) is 0 Å². The van der Waals surface area contributed by atoms with E-state index in [9.17, 15) is 12.8 Å². The number of rotatable bonds is 4. The molecule has 0 spiro atoms. The van der Waals surface area contributed by atoms with E-state index in [0.717, 1.165) is 12.1 Å². The van der Waals surface area contributed by atoms with Crippen molar-refractivity contribution in [1.29, 1.82) is 0 Å². The first kappa shape index (κ1) is 12.5. The Morgan fingerprint density at radius 1 is 1.40 bits per heavy atom. The molecule has 0 aromatic heterocycles. The fourth-order valence-corrected chi connectivity index (χ4v) is 1.54. The zero-order chi connectivity index (χ0) is 11.5. The van der Waals surface area contributed by atoms with E-state index in [1.165, 1.54) is 6.07 Å². The summed E-state index contributed by atoms with van der Waals surface area (Å²) in [5, 5.41) is 0.0852. The van der Waals surface area contributed by atoms with Gasteiger partial charge in [-0.1, -0.05) is 11.6 Å².